The molecule has 0 heterocycles. The number of halogens is 2. The predicted octanol–water partition coefficient (Wildman–Crippen LogP) is 4.04. The van der Waals surface area contributed by atoms with E-state index >= 15 is 0 Å². The molecule has 2 aromatic rings. The number of rotatable bonds is 1. The third kappa shape index (κ3) is 2.02. The lowest BCUT2D eigenvalue weighted by molar-refractivity contribution is 0.628. The molecule has 0 aliphatic carbocycles. The van der Waals surface area contributed by atoms with Crippen molar-refractivity contribution in [1.29, 1.82) is 0 Å². The SMILES string of the molecule is Cc1ccc(N)cc1-c1ccc(F)cc1Cl. The monoisotopic (exact) mass is 235 g/mol. The van der Waals surface area contributed by atoms with E-state index in [-0.39, 0.29) is 5.82 Å². The summed E-state index contributed by atoms with van der Waals surface area (Å²) in [6, 6.07) is 9.96. The summed E-state index contributed by atoms with van der Waals surface area (Å²) in [7, 11) is 0. The Balaban J connectivity index is 2.62. The smallest absolute Gasteiger partial charge is 0.124 e. The van der Waals surface area contributed by atoms with Crippen LogP contribution in [0.4, 0.5) is 10.1 Å². The van der Waals surface area contributed by atoms with Gasteiger partial charge in [-0.2, -0.15) is 0 Å². The summed E-state index contributed by atoms with van der Waals surface area (Å²) >= 11 is 6.01. The second-order valence-corrected chi connectivity index (χ2v) is 4.11. The van der Waals surface area contributed by atoms with Crippen molar-refractivity contribution in [2.75, 3.05) is 5.73 Å². The average molecular weight is 236 g/mol. The highest BCUT2D eigenvalue weighted by Crippen LogP contribution is 2.31. The van der Waals surface area contributed by atoms with E-state index in [0.29, 0.717) is 10.7 Å². The van der Waals surface area contributed by atoms with Crippen molar-refractivity contribution in [2.45, 2.75) is 6.92 Å². The molecule has 0 saturated heterocycles. The second-order valence-electron chi connectivity index (χ2n) is 3.70. The highest BCUT2D eigenvalue weighted by Gasteiger charge is 2.07. The summed E-state index contributed by atoms with van der Waals surface area (Å²) < 4.78 is 12.9. The largest absolute Gasteiger partial charge is 0.399 e. The molecule has 0 saturated carbocycles. The van der Waals surface area contributed by atoms with Crippen molar-refractivity contribution < 1.29 is 4.39 Å². The Hall–Kier alpha value is -1.54. The molecule has 0 aliphatic rings. The molecule has 82 valence electrons. The first-order valence-corrected chi connectivity index (χ1v) is 5.27. The van der Waals surface area contributed by atoms with Gasteiger partial charge in [0.05, 0.1) is 5.02 Å². The number of benzene rings is 2. The molecule has 1 nitrogen and oxygen atoms in total. The Morgan fingerprint density at radius 3 is 2.50 bits per heavy atom. The quantitative estimate of drug-likeness (QED) is 0.742. The van der Waals surface area contributed by atoms with Gasteiger partial charge in [0.2, 0.25) is 0 Å². The zero-order chi connectivity index (χ0) is 11.7. The van der Waals surface area contributed by atoms with Gasteiger partial charge >= 0.3 is 0 Å². The third-order valence-corrected chi connectivity index (χ3v) is 2.80. The lowest BCUT2D eigenvalue weighted by Gasteiger charge is -2.09. The van der Waals surface area contributed by atoms with Crippen LogP contribution in [0.2, 0.25) is 5.02 Å². The number of hydrogen-bond acceptors (Lipinski definition) is 1. The average Bonchev–Trinajstić information content (AvgIpc) is 2.22. The molecule has 0 spiro atoms. The van der Waals surface area contributed by atoms with Crippen molar-refractivity contribution in [1.82, 2.24) is 0 Å². The van der Waals surface area contributed by atoms with Gasteiger partial charge < -0.3 is 5.73 Å². The fourth-order valence-corrected chi connectivity index (χ4v) is 1.91. The van der Waals surface area contributed by atoms with Crippen LogP contribution in [0.15, 0.2) is 36.4 Å². The first kappa shape index (κ1) is 11.0. The minimum absolute atomic E-state index is 0.338. The van der Waals surface area contributed by atoms with Crippen LogP contribution in [0.25, 0.3) is 11.1 Å². The minimum atomic E-state index is -0.338. The van der Waals surface area contributed by atoms with Crippen LogP contribution in [0.5, 0.6) is 0 Å². The van der Waals surface area contributed by atoms with Crippen LogP contribution in [-0.2, 0) is 0 Å². The molecule has 0 amide bonds. The van der Waals surface area contributed by atoms with Crippen LogP contribution >= 0.6 is 11.6 Å². The molecule has 16 heavy (non-hydrogen) atoms. The number of nitrogen functional groups attached to an aromatic ring is 1. The molecule has 0 radical (unpaired) electrons. The fourth-order valence-electron chi connectivity index (χ4n) is 1.64. The summed E-state index contributed by atoms with van der Waals surface area (Å²) in [4.78, 5) is 0. The molecule has 0 atom stereocenters. The third-order valence-electron chi connectivity index (χ3n) is 2.48. The topological polar surface area (TPSA) is 26.0 Å². The lowest BCUT2D eigenvalue weighted by atomic mass is 10.00. The standard InChI is InChI=1S/C13H11ClFN/c1-8-2-4-10(16)7-12(8)11-5-3-9(15)6-13(11)14/h2-7H,16H2,1H3. The molecule has 2 N–H and O–H groups in total. The van der Waals surface area contributed by atoms with Crippen molar-refractivity contribution in [2.24, 2.45) is 0 Å². The summed E-state index contributed by atoms with van der Waals surface area (Å²) in [5.41, 5.74) is 9.19. The number of anilines is 1. The molecular weight excluding hydrogens is 225 g/mol. The van der Waals surface area contributed by atoms with E-state index in [2.05, 4.69) is 0 Å². The minimum Gasteiger partial charge on any atom is -0.399 e. The Morgan fingerprint density at radius 1 is 1.06 bits per heavy atom. The van der Waals surface area contributed by atoms with Crippen molar-refractivity contribution in [3.63, 3.8) is 0 Å². The summed E-state index contributed by atoms with van der Waals surface area (Å²) in [6.07, 6.45) is 0. The Morgan fingerprint density at radius 2 is 1.81 bits per heavy atom. The van der Waals surface area contributed by atoms with Gasteiger partial charge in [0, 0.05) is 11.3 Å². The first-order chi connectivity index (χ1) is 7.58. The van der Waals surface area contributed by atoms with Crippen molar-refractivity contribution in [3.05, 3.63) is 52.8 Å². The van der Waals surface area contributed by atoms with Gasteiger partial charge in [0.1, 0.15) is 5.82 Å². The van der Waals surface area contributed by atoms with Gasteiger partial charge in [0.25, 0.3) is 0 Å². The normalized spacial score (nSPS) is 10.4. The van der Waals surface area contributed by atoms with E-state index in [9.17, 15) is 4.39 Å². The summed E-state index contributed by atoms with van der Waals surface area (Å²) in [6.45, 7) is 1.97. The maximum Gasteiger partial charge on any atom is 0.124 e. The number of nitrogens with two attached hydrogens (primary N) is 1. The van der Waals surface area contributed by atoms with Crippen molar-refractivity contribution in [3.8, 4) is 11.1 Å². The second kappa shape index (κ2) is 4.14. The van der Waals surface area contributed by atoms with Gasteiger partial charge in [-0.1, -0.05) is 17.7 Å². The van der Waals surface area contributed by atoms with Crippen LogP contribution in [0.3, 0.4) is 0 Å². The zero-order valence-corrected chi connectivity index (χ0v) is 9.55. The number of aryl methyl sites for hydroxylation is 1. The van der Waals surface area contributed by atoms with Crippen LogP contribution < -0.4 is 5.73 Å². The highest BCUT2D eigenvalue weighted by atomic mass is 35.5. The fraction of sp³-hybridized carbons (Fsp3) is 0.0769. The van der Waals surface area contributed by atoms with E-state index < -0.39 is 0 Å². The molecular formula is C13H11ClFN. The molecule has 2 aromatic carbocycles. The lowest BCUT2D eigenvalue weighted by Crippen LogP contribution is -1.90. The van der Waals surface area contributed by atoms with E-state index in [4.69, 9.17) is 17.3 Å². The summed E-state index contributed by atoms with van der Waals surface area (Å²) in [5, 5.41) is 0.397. The van der Waals surface area contributed by atoms with E-state index in [1.54, 1.807) is 6.07 Å². The van der Waals surface area contributed by atoms with E-state index in [0.717, 1.165) is 16.7 Å². The Bertz CT molecular complexity index is 537. The maximum atomic E-state index is 12.9. The molecule has 0 unspecified atom stereocenters. The van der Waals surface area contributed by atoms with Gasteiger partial charge in [-0.05, 0) is 48.4 Å². The Labute approximate surface area is 98.7 Å². The molecule has 0 fully saturated rings. The van der Waals surface area contributed by atoms with Gasteiger partial charge in [0.15, 0.2) is 0 Å². The van der Waals surface area contributed by atoms with E-state index in [1.807, 2.05) is 25.1 Å². The zero-order valence-electron chi connectivity index (χ0n) is 8.80. The predicted molar refractivity (Wildman–Crippen MR) is 66.0 cm³/mol. The highest BCUT2D eigenvalue weighted by molar-refractivity contribution is 6.33. The van der Waals surface area contributed by atoms with Crippen LogP contribution in [-0.4, -0.2) is 0 Å². The van der Waals surface area contributed by atoms with Crippen LogP contribution in [0.1, 0.15) is 5.56 Å². The van der Waals surface area contributed by atoms with Gasteiger partial charge in [-0.25, -0.2) is 4.39 Å². The summed E-state index contributed by atoms with van der Waals surface area (Å²) in [5.74, 6) is -0.338. The Kier molecular flexibility index (Phi) is 2.84. The van der Waals surface area contributed by atoms with Gasteiger partial charge in [-0.15, -0.1) is 0 Å². The molecule has 0 aliphatic heterocycles. The van der Waals surface area contributed by atoms with E-state index in [1.165, 1.54) is 12.1 Å². The van der Waals surface area contributed by atoms with Crippen LogP contribution in [0, 0.1) is 12.7 Å². The molecule has 0 aromatic heterocycles. The molecule has 0 bridgehead atoms. The first-order valence-electron chi connectivity index (χ1n) is 4.89. The molecule has 3 heteroatoms. The molecule has 2 rings (SSSR count). The maximum absolute atomic E-state index is 12.9. The van der Waals surface area contributed by atoms with Crippen molar-refractivity contribution >= 4 is 17.3 Å². The van der Waals surface area contributed by atoms with Gasteiger partial charge in [-0.3, -0.25) is 0 Å². The number of hydrogen-bond donors (Lipinski definition) is 1.